The Morgan fingerprint density at radius 2 is 2.21 bits per heavy atom. The lowest BCUT2D eigenvalue weighted by atomic mass is 10.2. The van der Waals surface area contributed by atoms with Crippen molar-refractivity contribution in [3.05, 3.63) is 21.8 Å². The van der Waals surface area contributed by atoms with E-state index in [1.807, 2.05) is 0 Å². The molecule has 1 aromatic heterocycles. The maximum atomic E-state index is 12.5. The van der Waals surface area contributed by atoms with Crippen molar-refractivity contribution in [1.82, 2.24) is 4.98 Å². The minimum absolute atomic E-state index is 0.105. The van der Waals surface area contributed by atoms with E-state index in [9.17, 15) is 8.78 Å². The van der Waals surface area contributed by atoms with Gasteiger partial charge in [0.15, 0.2) is 0 Å². The lowest BCUT2D eigenvalue weighted by molar-refractivity contribution is 0.149. The van der Waals surface area contributed by atoms with E-state index in [4.69, 9.17) is 4.74 Å². The van der Waals surface area contributed by atoms with Gasteiger partial charge in [0, 0.05) is 21.4 Å². The maximum absolute atomic E-state index is 12.5. The van der Waals surface area contributed by atoms with Gasteiger partial charge in [-0.15, -0.1) is 0 Å². The Hall–Kier alpha value is -0.230. The highest BCUT2D eigenvalue weighted by atomic mass is 79.9. The third-order valence-corrected chi connectivity index (χ3v) is 3.05. The average Bonchev–Trinajstić information content (AvgIpc) is 2.17. The molecule has 78 valence electrons. The number of methoxy groups -OCH3 is 1. The summed E-state index contributed by atoms with van der Waals surface area (Å²) in [7, 11) is 1.39. The largest absolute Gasteiger partial charge is 0.481 e. The molecule has 0 radical (unpaired) electrons. The summed E-state index contributed by atoms with van der Waals surface area (Å²) in [5.41, 5.74) is 0.394. The molecule has 0 aliphatic carbocycles. The number of halogens is 4. The second kappa shape index (κ2) is 5.02. The van der Waals surface area contributed by atoms with Crippen molar-refractivity contribution >= 4 is 31.9 Å². The molecule has 0 spiro atoms. The van der Waals surface area contributed by atoms with E-state index in [-0.39, 0.29) is 11.4 Å². The van der Waals surface area contributed by atoms with E-state index in [0.717, 1.165) is 0 Å². The molecule has 1 aromatic rings. The molecule has 0 bridgehead atoms. The van der Waals surface area contributed by atoms with E-state index in [1.54, 1.807) is 0 Å². The first kappa shape index (κ1) is 11.8. The Labute approximate surface area is 96.9 Å². The predicted octanol–water partition coefficient (Wildman–Crippen LogP) is 3.69. The molecule has 0 aliphatic rings. The van der Waals surface area contributed by atoms with Crippen LogP contribution in [0.4, 0.5) is 8.78 Å². The van der Waals surface area contributed by atoms with Gasteiger partial charge in [0.05, 0.1) is 12.8 Å². The number of ether oxygens (including phenoxy) is 1. The fourth-order valence-electron chi connectivity index (χ4n) is 0.929. The molecule has 0 atom stereocenters. The normalized spacial score (nSPS) is 10.7. The van der Waals surface area contributed by atoms with Crippen LogP contribution in [0.1, 0.15) is 17.7 Å². The van der Waals surface area contributed by atoms with Gasteiger partial charge in [0.2, 0.25) is 5.88 Å². The number of aromatic nitrogens is 1. The van der Waals surface area contributed by atoms with Gasteiger partial charge in [-0.2, -0.15) is 0 Å². The molecule has 0 saturated carbocycles. The lowest BCUT2D eigenvalue weighted by Crippen LogP contribution is -1.98. The zero-order valence-corrected chi connectivity index (χ0v) is 10.4. The van der Waals surface area contributed by atoms with Gasteiger partial charge in [-0.3, -0.25) is 0 Å². The van der Waals surface area contributed by atoms with Crippen molar-refractivity contribution in [3.8, 4) is 5.88 Å². The molecule has 2 nitrogen and oxygen atoms in total. The number of hydrogen-bond acceptors (Lipinski definition) is 2. The van der Waals surface area contributed by atoms with Gasteiger partial charge in [-0.25, -0.2) is 13.8 Å². The highest BCUT2D eigenvalue weighted by Gasteiger charge is 2.17. The third-order valence-electron chi connectivity index (χ3n) is 1.60. The molecule has 6 heteroatoms. The molecule has 1 rings (SSSR count). The summed E-state index contributed by atoms with van der Waals surface area (Å²) in [5.74, 6) is 0.193. The number of rotatable bonds is 3. The van der Waals surface area contributed by atoms with Crippen LogP contribution in [0.5, 0.6) is 5.88 Å². The number of nitrogens with zero attached hydrogens (tertiary/aromatic N) is 1. The van der Waals surface area contributed by atoms with Crippen molar-refractivity contribution in [2.45, 2.75) is 11.8 Å². The molecule has 14 heavy (non-hydrogen) atoms. The summed E-state index contributed by atoms with van der Waals surface area (Å²) < 4.78 is 30.2. The topological polar surface area (TPSA) is 22.1 Å². The molecule has 1 heterocycles. The molecule has 0 N–H and O–H groups in total. The zero-order valence-electron chi connectivity index (χ0n) is 7.23. The van der Waals surface area contributed by atoms with Crippen LogP contribution in [0.25, 0.3) is 0 Å². The van der Waals surface area contributed by atoms with Crippen molar-refractivity contribution in [2.24, 2.45) is 0 Å². The Balaban J connectivity index is 3.27. The summed E-state index contributed by atoms with van der Waals surface area (Å²) in [6, 6.07) is 1.22. The number of hydrogen-bond donors (Lipinski definition) is 0. The summed E-state index contributed by atoms with van der Waals surface area (Å²) in [5, 5.41) is 0.393. The average molecular weight is 331 g/mol. The van der Waals surface area contributed by atoms with Crippen molar-refractivity contribution < 1.29 is 13.5 Å². The van der Waals surface area contributed by atoms with Gasteiger partial charge < -0.3 is 4.74 Å². The minimum atomic E-state index is -2.54. The Morgan fingerprint density at radius 1 is 1.57 bits per heavy atom. The highest BCUT2D eigenvalue weighted by Crippen LogP contribution is 2.32. The first-order valence-corrected chi connectivity index (χ1v) is 5.59. The van der Waals surface area contributed by atoms with Crippen LogP contribution in [-0.4, -0.2) is 12.1 Å². The first-order valence-electron chi connectivity index (χ1n) is 3.67. The van der Waals surface area contributed by atoms with Gasteiger partial charge >= 0.3 is 0 Å². The highest BCUT2D eigenvalue weighted by molar-refractivity contribution is 9.10. The van der Waals surface area contributed by atoms with Crippen molar-refractivity contribution in [1.29, 1.82) is 0 Å². The number of alkyl halides is 3. The summed E-state index contributed by atoms with van der Waals surface area (Å²) in [6.45, 7) is 0. The van der Waals surface area contributed by atoms with Crippen LogP contribution in [0.3, 0.4) is 0 Å². The molecule has 0 fully saturated rings. The third kappa shape index (κ3) is 2.42. The molecular weight excluding hydrogens is 324 g/mol. The molecule has 0 saturated heterocycles. The molecule has 0 aliphatic heterocycles. The fraction of sp³-hybridized carbons (Fsp3) is 0.375. The van der Waals surface area contributed by atoms with E-state index in [1.165, 1.54) is 13.2 Å². The molecule has 0 aromatic carbocycles. The van der Waals surface area contributed by atoms with E-state index >= 15 is 0 Å². The molecular formula is C8H7Br2F2NO. The van der Waals surface area contributed by atoms with Crippen LogP contribution in [0.15, 0.2) is 10.5 Å². The van der Waals surface area contributed by atoms with E-state index in [0.29, 0.717) is 15.5 Å². The van der Waals surface area contributed by atoms with Crippen LogP contribution in [0.2, 0.25) is 0 Å². The molecule has 0 amide bonds. The van der Waals surface area contributed by atoms with Gasteiger partial charge in [0.25, 0.3) is 6.43 Å². The lowest BCUT2D eigenvalue weighted by Gasteiger charge is -2.09. The summed E-state index contributed by atoms with van der Waals surface area (Å²) in [4.78, 5) is 4.00. The van der Waals surface area contributed by atoms with Gasteiger partial charge in [-0.05, 0) is 15.9 Å². The number of pyridine rings is 1. The van der Waals surface area contributed by atoms with Crippen LogP contribution in [0, 0.1) is 0 Å². The smallest absolute Gasteiger partial charge is 0.265 e. The van der Waals surface area contributed by atoms with Crippen molar-refractivity contribution in [3.63, 3.8) is 0 Å². The van der Waals surface area contributed by atoms with E-state index in [2.05, 4.69) is 36.8 Å². The van der Waals surface area contributed by atoms with Crippen LogP contribution >= 0.6 is 31.9 Å². The fourth-order valence-corrected chi connectivity index (χ4v) is 2.23. The molecule has 0 unspecified atom stereocenters. The Morgan fingerprint density at radius 3 is 2.64 bits per heavy atom. The van der Waals surface area contributed by atoms with Crippen LogP contribution in [-0.2, 0) is 5.33 Å². The van der Waals surface area contributed by atoms with Crippen molar-refractivity contribution in [2.75, 3.05) is 7.11 Å². The standard InChI is InChI=1S/C8H7Br2F2NO/c1-14-6-2-4(8(11)12)7(10)5(3-9)13-6/h2,8H,3H2,1H3. The SMILES string of the molecule is COc1cc(C(F)F)c(Br)c(CBr)n1. The zero-order chi connectivity index (χ0) is 10.7. The second-order valence-corrected chi connectivity index (χ2v) is 3.80. The summed E-state index contributed by atoms with van der Waals surface area (Å²) in [6.07, 6.45) is -2.54. The predicted molar refractivity (Wildman–Crippen MR) is 56.1 cm³/mol. The summed E-state index contributed by atoms with van der Waals surface area (Å²) >= 11 is 6.24. The maximum Gasteiger partial charge on any atom is 0.265 e. The van der Waals surface area contributed by atoms with Gasteiger partial charge in [0.1, 0.15) is 0 Å². The second-order valence-electron chi connectivity index (χ2n) is 2.45. The van der Waals surface area contributed by atoms with E-state index < -0.39 is 6.43 Å². The minimum Gasteiger partial charge on any atom is -0.481 e. The van der Waals surface area contributed by atoms with Gasteiger partial charge in [-0.1, -0.05) is 15.9 Å². The first-order chi connectivity index (χ1) is 6.60. The Kier molecular flexibility index (Phi) is 4.25. The van der Waals surface area contributed by atoms with Crippen LogP contribution < -0.4 is 4.74 Å². The quantitative estimate of drug-likeness (QED) is 0.789. The monoisotopic (exact) mass is 329 g/mol. The Bertz CT molecular complexity index is 333.